The number of thiophene rings is 1. The van der Waals surface area contributed by atoms with Crippen molar-refractivity contribution < 1.29 is 9.59 Å². The average Bonchev–Trinajstić information content (AvgIpc) is 3.01. The Balaban J connectivity index is 1.74. The largest absolute Gasteiger partial charge is 0.342 e. The highest BCUT2D eigenvalue weighted by Crippen LogP contribution is 2.09. The maximum absolute atomic E-state index is 11.6. The number of benzene rings is 1. The maximum Gasteiger partial charge on any atom is 0.261 e. The molecule has 0 unspecified atom stereocenters. The smallest absolute Gasteiger partial charge is 0.261 e. The second kappa shape index (κ2) is 7.70. The Morgan fingerprint density at radius 3 is 2.67 bits per heavy atom. The van der Waals surface area contributed by atoms with Crippen molar-refractivity contribution >= 4 is 45.3 Å². The molecule has 0 atom stereocenters. The normalized spacial score (nSPS) is 10.5. The van der Waals surface area contributed by atoms with Gasteiger partial charge in [-0.3, -0.25) is 9.59 Å². The van der Waals surface area contributed by atoms with Crippen LogP contribution in [0.1, 0.15) is 15.2 Å². The third-order valence-corrected chi connectivity index (χ3v) is 3.82. The number of amides is 2. The number of nitrogens with zero attached hydrogens (tertiary/aromatic N) is 1. The van der Waals surface area contributed by atoms with Crippen molar-refractivity contribution in [1.29, 1.82) is 0 Å². The number of hydrogen-bond acceptors (Lipinski definition) is 4. The van der Waals surface area contributed by atoms with Crippen molar-refractivity contribution in [2.45, 2.75) is 0 Å². The van der Waals surface area contributed by atoms with Crippen LogP contribution in [0, 0.1) is 0 Å². The molecular weight excluding hydrogens is 354 g/mol. The van der Waals surface area contributed by atoms with E-state index in [0.29, 0.717) is 4.88 Å². The van der Waals surface area contributed by atoms with Crippen molar-refractivity contribution in [2.75, 3.05) is 6.54 Å². The topological polar surface area (TPSA) is 70.6 Å². The number of halogens is 1. The maximum atomic E-state index is 11.6. The van der Waals surface area contributed by atoms with Crippen LogP contribution in [0.4, 0.5) is 0 Å². The number of hydrogen-bond donors (Lipinski definition) is 2. The molecule has 0 saturated heterocycles. The van der Waals surface area contributed by atoms with Crippen LogP contribution in [-0.2, 0) is 4.79 Å². The minimum absolute atomic E-state index is 0.117. The molecule has 1 aromatic heterocycles. The van der Waals surface area contributed by atoms with Crippen molar-refractivity contribution in [2.24, 2.45) is 5.10 Å². The summed E-state index contributed by atoms with van der Waals surface area (Å²) in [5.74, 6) is -0.648. The molecule has 0 fully saturated rings. The number of hydrazone groups is 1. The van der Waals surface area contributed by atoms with E-state index in [-0.39, 0.29) is 18.4 Å². The van der Waals surface area contributed by atoms with E-state index >= 15 is 0 Å². The first-order chi connectivity index (χ1) is 10.1. The van der Waals surface area contributed by atoms with Crippen LogP contribution in [0.2, 0.25) is 0 Å². The van der Waals surface area contributed by atoms with Crippen molar-refractivity contribution in [3.05, 3.63) is 56.7 Å². The average molecular weight is 366 g/mol. The molecule has 0 aliphatic heterocycles. The third-order valence-electron chi connectivity index (χ3n) is 2.43. The lowest BCUT2D eigenvalue weighted by atomic mass is 10.2. The van der Waals surface area contributed by atoms with E-state index in [4.69, 9.17) is 0 Å². The molecule has 0 bridgehead atoms. The van der Waals surface area contributed by atoms with Gasteiger partial charge in [0.1, 0.15) is 0 Å². The zero-order valence-corrected chi connectivity index (χ0v) is 13.3. The molecule has 108 valence electrons. The lowest BCUT2D eigenvalue weighted by Gasteiger charge is -2.02. The summed E-state index contributed by atoms with van der Waals surface area (Å²) in [6.45, 7) is -0.117. The van der Waals surface area contributed by atoms with Crippen LogP contribution in [0.3, 0.4) is 0 Å². The zero-order chi connectivity index (χ0) is 15.1. The van der Waals surface area contributed by atoms with E-state index in [0.717, 1.165) is 10.0 Å². The summed E-state index contributed by atoms with van der Waals surface area (Å²) >= 11 is 4.66. The molecule has 0 spiro atoms. The number of carbonyl (C=O) groups excluding carboxylic acids is 2. The van der Waals surface area contributed by atoms with Gasteiger partial charge >= 0.3 is 0 Å². The lowest BCUT2D eigenvalue weighted by molar-refractivity contribution is -0.120. The minimum Gasteiger partial charge on any atom is -0.342 e. The quantitative estimate of drug-likeness (QED) is 0.630. The molecule has 5 nitrogen and oxygen atoms in total. The summed E-state index contributed by atoms with van der Waals surface area (Å²) in [7, 11) is 0. The molecular formula is C14H12BrN3O2S. The van der Waals surface area contributed by atoms with E-state index in [2.05, 4.69) is 31.8 Å². The molecule has 1 aromatic carbocycles. The van der Waals surface area contributed by atoms with E-state index in [1.165, 1.54) is 17.6 Å². The van der Waals surface area contributed by atoms with Crippen LogP contribution >= 0.6 is 27.3 Å². The fourth-order valence-electron chi connectivity index (χ4n) is 1.42. The summed E-state index contributed by atoms with van der Waals surface area (Å²) in [6.07, 6.45) is 1.53. The first-order valence-corrected chi connectivity index (χ1v) is 7.71. The summed E-state index contributed by atoms with van der Waals surface area (Å²) in [6, 6.07) is 11.0. The highest BCUT2D eigenvalue weighted by Gasteiger charge is 2.07. The summed E-state index contributed by atoms with van der Waals surface area (Å²) in [5.41, 5.74) is 3.22. The molecule has 2 amide bonds. The first kappa shape index (κ1) is 15.4. The van der Waals surface area contributed by atoms with Gasteiger partial charge in [-0.15, -0.1) is 11.3 Å². The predicted molar refractivity (Wildman–Crippen MR) is 86.5 cm³/mol. The van der Waals surface area contributed by atoms with Crippen LogP contribution < -0.4 is 10.7 Å². The molecule has 2 rings (SSSR count). The van der Waals surface area contributed by atoms with Crippen LogP contribution in [0.25, 0.3) is 0 Å². The second-order valence-corrected chi connectivity index (χ2v) is 5.87. The van der Waals surface area contributed by atoms with Crippen LogP contribution in [0.15, 0.2) is 51.4 Å². The first-order valence-electron chi connectivity index (χ1n) is 6.04. The van der Waals surface area contributed by atoms with E-state index in [1.54, 1.807) is 17.5 Å². The van der Waals surface area contributed by atoms with E-state index in [9.17, 15) is 9.59 Å². The number of carbonyl (C=O) groups is 2. The fraction of sp³-hybridized carbons (Fsp3) is 0.0714. The molecule has 0 radical (unpaired) electrons. The summed E-state index contributed by atoms with van der Waals surface area (Å²) < 4.78 is 0.972. The van der Waals surface area contributed by atoms with Crippen molar-refractivity contribution in [3.8, 4) is 0 Å². The molecule has 0 aliphatic carbocycles. The third kappa shape index (κ3) is 5.13. The predicted octanol–water partition coefficient (Wildman–Crippen LogP) is 2.39. The van der Waals surface area contributed by atoms with E-state index < -0.39 is 0 Å². The Morgan fingerprint density at radius 2 is 2.00 bits per heavy atom. The van der Waals surface area contributed by atoms with Gasteiger partial charge in [-0.1, -0.05) is 34.1 Å². The fourth-order valence-corrected chi connectivity index (χ4v) is 2.33. The van der Waals surface area contributed by atoms with Gasteiger partial charge in [0.2, 0.25) is 0 Å². The van der Waals surface area contributed by atoms with Gasteiger partial charge in [0.25, 0.3) is 11.8 Å². The standard InChI is InChI=1S/C14H12BrN3O2S/c15-11-5-3-10(4-6-11)8-17-18-13(19)9-16-14(20)12-2-1-7-21-12/h1-8H,9H2,(H,16,20)(H,18,19)/b17-8-. The Hall–Kier alpha value is -1.99. The van der Waals surface area contributed by atoms with E-state index in [1.807, 2.05) is 24.3 Å². The Morgan fingerprint density at radius 1 is 1.24 bits per heavy atom. The molecule has 7 heteroatoms. The Kier molecular flexibility index (Phi) is 5.65. The van der Waals surface area contributed by atoms with Crippen molar-refractivity contribution in [3.63, 3.8) is 0 Å². The molecule has 0 aliphatic rings. The highest BCUT2D eigenvalue weighted by molar-refractivity contribution is 9.10. The summed E-state index contributed by atoms with van der Waals surface area (Å²) in [5, 5.41) is 8.15. The molecule has 1 heterocycles. The molecule has 2 aromatic rings. The van der Waals surface area contributed by atoms with Gasteiger partial charge in [-0.05, 0) is 29.1 Å². The van der Waals surface area contributed by atoms with Crippen molar-refractivity contribution in [1.82, 2.24) is 10.7 Å². The van der Waals surface area contributed by atoms with Gasteiger partial charge < -0.3 is 5.32 Å². The monoisotopic (exact) mass is 365 g/mol. The van der Waals surface area contributed by atoms with Gasteiger partial charge in [0.05, 0.1) is 17.6 Å². The van der Waals surface area contributed by atoms with Gasteiger partial charge in [0, 0.05) is 4.47 Å². The number of rotatable bonds is 5. The lowest BCUT2D eigenvalue weighted by Crippen LogP contribution is -2.34. The molecule has 0 saturated carbocycles. The zero-order valence-electron chi connectivity index (χ0n) is 10.9. The van der Waals surface area contributed by atoms with Crippen LogP contribution in [0.5, 0.6) is 0 Å². The van der Waals surface area contributed by atoms with Gasteiger partial charge in [0.15, 0.2) is 0 Å². The highest BCUT2D eigenvalue weighted by atomic mass is 79.9. The summed E-state index contributed by atoms with van der Waals surface area (Å²) in [4.78, 5) is 23.7. The van der Waals surface area contributed by atoms with Gasteiger partial charge in [-0.25, -0.2) is 5.43 Å². The SMILES string of the molecule is O=C(CNC(=O)c1cccs1)N/N=C\c1ccc(Br)cc1. The number of nitrogens with one attached hydrogen (secondary N) is 2. The molecule has 21 heavy (non-hydrogen) atoms. The Labute approximate surface area is 134 Å². The second-order valence-electron chi connectivity index (χ2n) is 4.00. The van der Waals surface area contributed by atoms with Gasteiger partial charge in [-0.2, -0.15) is 5.10 Å². The van der Waals surface area contributed by atoms with Crippen LogP contribution in [-0.4, -0.2) is 24.6 Å². The minimum atomic E-state index is -0.381. The molecule has 2 N–H and O–H groups in total. The Bertz CT molecular complexity index is 639.